The fourth-order valence-corrected chi connectivity index (χ4v) is 12.2. The normalized spacial score (nSPS) is 27.6. The SMILES string of the molecule is CO[C@H]1OC2COC(c3ccccc3)O[C@H]2C(O[C@H]2OC(COCc3ccccc3)[C@@H](OCc3ccccc3)C(OCc3ccccc3)C2O[C@H]2OC(COCc3ccccc3)[C@@H](OCc3ccccc3)C(OCc3ccccc3)C2OC(C)=O)C1OCc1ccccc1. The summed E-state index contributed by atoms with van der Waals surface area (Å²) in [6, 6.07) is 78.6. The fourth-order valence-electron chi connectivity index (χ4n) is 12.2. The maximum atomic E-state index is 13.9. The van der Waals surface area contributed by atoms with Gasteiger partial charge in [-0.1, -0.05) is 243 Å². The predicted molar refractivity (Wildman–Crippen MR) is 346 cm³/mol. The first-order valence-corrected chi connectivity index (χ1v) is 32.2. The summed E-state index contributed by atoms with van der Waals surface area (Å²) in [6.45, 7) is 2.60. The van der Waals surface area contributed by atoms with Crippen molar-refractivity contribution in [2.45, 2.75) is 152 Å². The second kappa shape index (κ2) is 34.3. The zero-order valence-corrected chi connectivity index (χ0v) is 52.8. The van der Waals surface area contributed by atoms with Crippen LogP contribution in [0.25, 0.3) is 0 Å². The minimum Gasteiger partial charge on any atom is -0.454 e. The molecule has 12 rings (SSSR count). The van der Waals surface area contributed by atoms with Gasteiger partial charge in [-0.2, -0.15) is 0 Å². The van der Waals surface area contributed by atoms with Gasteiger partial charge in [-0.3, -0.25) is 4.79 Å². The zero-order valence-electron chi connectivity index (χ0n) is 52.8. The number of hydrogen-bond acceptors (Lipinski definition) is 17. The third kappa shape index (κ3) is 18.1. The maximum Gasteiger partial charge on any atom is 0.303 e. The van der Waals surface area contributed by atoms with E-state index >= 15 is 0 Å². The lowest BCUT2D eigenvalue weighted by Crippen LogP contribution is -2.69. The van der Waals surface area contributed by atoms with E-state index in [9.17, 15) is 4.79 Å². The van der Waals surface area contributed by atoms with Gasteiger partial charge in [-0.05, 0) is 38.9 Å². The Morgan fingerprint density at radius 3 is 1.10 bits per heavy atom. The molecular formula is C77H82O17. The van der Waals surface area contributed by atoms with Gasteiger partial charge in [0.05, 0.1) is 66.1 Å². The minimum atomic E-state index is -1.46. The number of fused-ring (bicyclic) bond motifs is 1. The van der Waals surface area contributed by atoms with E-state index in [2.05, 4.69) is 0 Å². The topological polar surface area (TPSA) is 165 Å². The lowest BCUT2D eigenvalue weighted by Gasteiger charge is -2.52. The maximum absolute atomic E-state index is 13.9. The summed E-state index contributed by atoms with van der Waals surface area (Å²) < 4.78 is 112. The largest absolute Gasteiger partial charge is 0.454 e. The summed E-state index contributed by atoms with van der Waals surface area (Å²) in [4.78, 5) is 13.9. The highest BCUT2D eigenvalue weighted by Gasteiger charge is 2.59. The first-order valence-electron chi connectivity index (χ1n) is 32.2. The molecule has 4 fully saturated rings. The van der Waals surface area contributed by atoms with Crippen molar-refractivity contribution in [2.75, 3.05) is 26.9 Å². The molecule has 0 spiro atoms. The number of hydrogen-bond donors (Lipinski definition) is 0. The summed E-state index contributed by atoms with van der Waals surface area (Å²) in [5, 5.41) is 0. The van der Waals surface area contributed by atoms with E-state index in [4.69, 9.17) is 75.8 Å². The number of methoxy groups -OCH3 is 1. The van der Waals surface area contributed by atoms with Crippen molar-refractivity contribution in [2.24, 2.45) is 0 Å². The number of rotatable bonds is 30. The molecule has 94 heavy (non-hydrogen) atoms. The van der Waals surface area contributed by atoms with Crippen molar-refractivity contribution >= 4 is 5.97 Å². The van der Waals surface area contributed by atoms with Crippen LogP contribution in [0.15, 0.2) is 243 Å². The Labute approximate surface area is 549 Å². The highest BCUT2D eigenvalue weighted by molar-refractivity contribution is 5.66. The number of carbonyl (C=O) groups excluding carboxylic acids is 1. The highest BCUT2D eigenvalue weighted by atomic mass is 16.8. The average Bonchev–Trinajstić information content (AvgIpc) is 0.796. The van der Waals surface area contributed by atoms with Crippen LogP contribution in [0.3, 0.4) is 0 Å². The van der Waals surface area contributed by atoms with Crippen molar-refractivity contribution in [3.8, 4) is 0 Å². The van der Waals surface area contributed by atoms with Crippen molar-refractivity contribution in [3.05, 3.63) is 287 Å². The molecule has 8 aromatic carbocycles. The molecule has 17 nitrogen and oxygen atoms in total. The molecule has 0 aliphatic carbocycles. The Balaban J connectivity index is 0.988. The molecule has 4 saturated heterocycles. The van der Waals surface area contributed by atoms with E-state index in [1.54, 1.807) is 7.11 Å². The Morgan fingerprint density at radius 2 is 0.702 bits per heavy atom. The van der Waals surface area contributed by atoms with E-state index in [0.717, 1.165) is 44.5 Å². The molecule has 0 amide bonds. The molecule has 0 aromatic heterocycles. The van der Waals surface area contributed by atoms with Crippen LogP contribution in [0.5, 0.6) is 0 Å². The lowest BCUT2D eigenvalue weighted by atomic mass is 9.94. The van der Waals surface area contributed by atoms with Crippen molar-refractivity contribution < 1.29 is 80.6 Å². The Hall–Kier alpha value is -7.37. The average molecular weight is 1280 g/mol. The molecule has 4 aliphatic heterocycles. The molecule has 4 aliphatic rings. The lowest BCUT2D eigenvalue weighted by molar-refractivity contribution is -0.412. The Bertz CT molecular complexity index is 3430. The molecule has 492 valence electrons. The standard InChI is InChI=1S/C77H82O17/c1-53(78)88-72-68(84-47-58-35-19-7-20-36-58)65(82-45-56-31-15-5-16-32-56)62(50-80-43-54-27-11-3-12-28-54)90-76(72)94-73-69(85-48-59-37-21-8-22-38-59)66(83-46-57-33-17-6-18-34-57)63(51-81-44-55-29-13-4-14-30-55)91-77(73)93-70-67-64(52-87-74(92-67)61-41-25-10-26-42-61)89-75(79-2)71(70)86-49-60-39-23-9-24-40-60/h3-42,62-77H,43-52H2,1-2H3/t62?,63?,64?,65-,66-,67-,68?,69?,70?,71?,72?,73?,74?,75+,76-,77-/m1/s1. The van der Waals surface area contributed by atoms with Crippen LogP contribution in [0.2, 0.25) is 0 Å². The third-order valence-electron chi connectivity index (χ3n) is 16.9. The third-order valence-corrected chi connectivity index (χ3v) is 16.9. The van der Waals surface area contributed by atoms with Gasteiger partial charge in [0.2, 0.25) is 0 Å². The number of carbonyl (C=O) groups is 1. The fraction of sp³-hybridized carbons (Fsp3) is 0.364. The number of esters is 1. The number of benzene rings is 8. The zero-order chi connectivity index (χ0) is 64.1. The highest BCUT2D eigenvalue weighted by Crippen LogP contribution is 2.42. The predicted octanol–water partition coefficient (Wildman–Crippen LogP) is 12.0. The summed E-state index contributed by atoms with van der Waals surface area (Å²) in [5.74, 6) is -0.623. The van der Waals surface area contributed by atoms with Crippen molar-refractivity contribution in [1.29, 1.82) is 0 Å². The van der Waals surface area contributed by atoms with Crippen LogP contribution in [0.4, 0.5) is 0 Å². The molecule has 17 heteroatoms. The van der Waals surface area contributed by atoms with E-state index < -0.39 is 104 Å². The van der Waals surface area contributed by atoms with Crippen LogP contribution < -0.4 is 0 Å². The number of ether oxygens (including phenoxy) is 16. The summed E-state index contributed by atoms with van der Waals surface area (Å²) >= 11 is 0. The van der Waals surface area contributed by atoms with E-state index in [0.29, 0.717) is 0 Å². The molecule has 0 bridgehead atoms. The summed E-state index contributed by atoms with van der Waals surface area (Å²) in [7, 11) is 1.56. The van der Waals surface area contributed by atoms with Crippen LogP contribution in [0.1, 0.15) is 57.7 Å². The molecule has 0 N–H and O–H groups in total. The first-order chi connectivity index (χ1) is 46.4. The van der Waals surface area contributed by atoms with Gasteiger partial charge < -0.3 is 75.8 Å². The monoisotopic (exact) mass is 1280 g/mol. The van der Waals surface area contributed by atoms with Crippen molar-refractivity contribution in [3.63, 3.8) is 0 Å². The van der Waals surface area contributed by atoms with Gasteiger partial charge in [0, 0.05) is 19.6 Å². The Kier molecular flexibility index (Phi) is 24.3. The van der Waals surface area contributed by atoms with Gasteiger partial charge in [-0.25, -0.2) is 0 Å². The molecule has 0 saturated carbocycles. The van der Waals surface area contributed by atoms with Gasteiger partial charge in [0.25, 0.3) is 0 Å². The van der Waals surface area contributed by atoms with Crippen LogP contribution in [0, 0.1) is 0 Å². The second-order valence-electron chi connectivity index (χ2n) is 23.6. The van der Waals surface area contributed by atoms with Crippen LogP contribution in [-0.4, -0.2) is 125 Å². The summed E-state index contributed by atoms with van der Waals surface area (Å²) in [6.07, 6.45) is -16.8. The Morgan fingerprint density at radius 1 is 0.362 bits per heavy atom. The second-order valence-corrected chi connectivity index (χ2v) is 23.6. The molecule has 0 radical (unpaired) electrons. The minimum absolute atomic E-state index is 0.00313. The quantitative estimate of drug-likeness (QED) is 0.0390. The van der Waals surface area contributed by atoms with Gasteiger partial charge in [-0.15, -0.1) is 0 Å². The molecule has 4 heterocycles. The van der Waals surface area contributed by atoms with Crippen LogP contribution in [-0.2, 0) is 127 Å². The van der Waals surface area contributed by atoms with E-state index in [1.807, 2.05) is 243 Å². The first kappa shape index (κ1) is 66.6. The smallest absolute Gasteiger partial charge is 0.303 e. The van der Waals surface area contributed by atoms with Crippen LogP contribution >= 0.6 is 0 Å². The van der Waals surface area contributed by atoms with Gasteiger partial charge in [0.1, 0.15) is 67.1 Å². The molecule has 10 unspecified atom stereocenters. The van der Waals surface area contributed by atoms with Crippen molar-refractivity contribution in [1.82, 2.24) is 0 Å². The van der Waals surface area contributed by atoms with Gasteiger partial charge in [0.15, 0.2) is 31.3 Å². The van der Waals surface area contributed by atoms with Gasteiger partial charge >= 0.3 is 5.97 Å². The summed E-state index contributed by atoms with van der Waals surface area (Å²) in [5.41, 5.74) is 7.12. The van der Waals surface area contributed by atoms with E-state index in [-0.39, 0.29) is 66.1 Å². The molecule has 16 atom stereocenters. The van der Waals surface area contributed by atoms with E-state index in [1.165, 1.54) is 6.92 Å². The molecular weight excluding hydrogens is 1200 g/mol. The molecule has 8 aromatic rings.